The van der Waals surface area contributed by atoms with Gasteiger partial charge in [0, 0.05) is 29.2 Å². The second kappa shape index (κ2) is 11.0. The largest absolute Gasteiger partial charge is 0.456 e. The van der Waals surface area contributed by atoms with Gasteiger partial charge in [-0.05, 0) is 22.8 Å². The predicted molar refractivity (Wildman–Crippen MR) is 136 cm³/mol. The third kappa shape index (κ3) is 5.60. The lowest BCUT2D eigenvalue weighted by Gasteiger charge is -2.20. The molecule has 1 heterocycles. The first-order chi connectivity index (χ1) is 17.0. The summed E-state index contributed by atoms with van der Waals surface area (Å²) in [6.45, 7) is 1.37. The highest BCUT2D eigenvalue weighted by Gasteiger charge is 2.43. The SMILES string of the molecule is CC(=O)n1cc(C(SCc2ccccc2)C(C(=O)OCc2ccccc2)[N+](=O)[O-])c2ccccc21. The number of esters is 1. The topological polar surface area (TPSA) is 91.4 Å². The zero-order valence-electron chi connectivity index (χ0n) is 19.1. The summed E-state index contributed by atoms with van der Waals surface area (Å²) in [6.07, 6.45) is 1.61. The molecule has 178 valence electrons. The second-order valence-electron chi connectivity index (χ2n) is 8.03. The molecule has 2 unspecified atom stereocenters. The van der Waals surface area contributed by atoms with E-state index in [1.54, 1.807) is 30.5 Å². The fraction of sp³-hybridized carbons (Fsp3) is 0.185. The number of rotatable bonds is 9. The van der Waals surface area contributed by atoms with Crippen LogP contribution < -0.4 is 0 Å². The molecule has 0 bridgehead atoms. The van der Waals surface area contributed by atoms with Gasteiger partial charge in [0.15, 0.2) is 0 Å². The summed E-state index contributed by atoms with van der Waals surface area (Å²) < 4.78 is 6.87. The Morgan fingerprint density at radius 1 is 0.943 bits per heavy atom. The Balaban J connectivity index is 1.72. The number of para-hydroxylation sites is 1. The normalized spacial score (nSPS) is 12.7. The van der Waals surface area contributed by atoms with Gasteiger partial charge in [-0.2, -0.15) is 0 Å². The number of aromatic nitrogens is 1. The van der Waals surface area contributed by atoms with Crippen molar-refractivity contribution in [1.82, 2.24) is 4.57 Å². The minimum absolute atomic E-state index is 0.0602. The fourth-order valence-corrected chi connectivity index (χ4v) is 5.26. The van der Waals surface area contributed by atoms with Crippen LogP contribution in [0.3, 0.4) is 0 Å². The maximum atomic E-state index is 13.1. The number of hydrogen-bond acceptors (Lipinski definition) is 6. The first-order valence-corrected chi connectivity index (χ1v) is 12.1. The minimum atomic E-state index is -1.65. The van der Waals surface area contributed by atoms with Crippen molar-refractivity contribution in [2.24, 2.45) is 0 Å². The third-order valence-corrected chi connectivity index (χ3v) is 7.01. The van der Waals surface area contributed by atoms with Gasteiger partial charge in [0.1, 0.15) is 11.9 Å². The zero-order valence-corrected chi connectivity index (χ0v) is 19.9. The molecule has 0 aliphatic carbocycles. The van der Waals surface area contributed by atoms with E-state index in [1.165, 1.54) is 23.3 Å². The smallest absolute Gasteiger partial charge is 0.383 e. The van der Waals surface area contributed by atoms with Crippen molar-refractivity contribution in [2.75, 3.05) is 0 Å². The van der Waals surface area contributed by atoms with Gasteiger partial charge in [-0.15, -0.1) is 11.8 Å². The Kier molecular flexibility index (Phi) is 7.62. The molecule has 4 aromatic rings. The van der Waals surface area contributed by atoms with Crippen LogP contribution in [0.1, 0.15) is 33.7 Å². The van der Waals surface area contributed by atoms with Crippen molar-refractivity contribution in [1.29, 1.82) is 0 Å². The first kappa shape index (κ1) is 24.2. The van der Waals surface area contributed by atoms with E-state index in [4.69, 9.17) is 4.74 Å². The molecular weight excluding hydrogens is 464 g/mol. The number of nitrogens with zero attached hydrogens (tertiary/aromatic N) is 2. The van der Waals surface area contributed by atoms with Crippen LogP contribution >= 0.6 is 11.8 Å². The number of ether oxygens (including phenoxy) is 1. The minimum Gasteiger partial charge on any atom is -0.456 e. The van der Waals surface area contributed by atoms with Gasteiger partial charge in [-0.25, -0.2) is 4.79 Å². The highest BCUT2D eigenvalue weighted by molar-refractivity contribution is 7.98. The molecule has 0 aliphatic heterocycles. The number of carbonyl (C=O) groups excluding carboxylic acids is 2. The molecule has 0 aliphatic rings. The third-order valence-electron chi connectivity index (χ3n) is 5.64. The number of fused-ring (bicyclic) bond motifs is 1. The molecule has 0 radical (unpaired) electrons. The maximum absolute atomic E-state index is 13.1. The summed E-state index contributed by atoms with van der Waals surface area (Å²) in [6, 6.07) is 24.1. The Morgan fingerprint density at radius 3 is 2.17 bits per heavy atom. The number of benzene rings is 3. The van der Waals surface area contributed by atoms with Crippen molar-refractivity contribution in [3.05, 3.63) is 118 Å². The molecule has 2 atom stereocenters. The molecule has 0 saturated carbocycles. The van der Waals surface area contributed by atoms with Crippen molar-refractivity contribution < 1.29 is 19.2 Å². The van der Waals surface area contributed by atoms with Crippen LogP contribution in [0.5, 0.6) is 0 Å². The summed E-state index contributed by atoms with van der Waals surface area (Å²) in [5.74, 6) is -0.686. The summed E-state index contributed by atoms with van der Waals surface area (Å²) >= 11 is 1.29. The van der Waals surface area contributed by atoms with E-state index in [2.05, 4.69) is 0 Å². The van der Waals surface area contributed by atoms with Gasteiger partial charge in [0.2, 0.25) is 5.91 Å². The highest BCUT2D eigenvalue weighted by atomic mass is 32.2. The lowest BCUT2D eigenvalue weighted by molar-refractivity contribution is -0.510. The van der Waals surface area contributed by atoms with Crippen molar-refractivity contribution >= 4 is 34.5 Å². The average molecular weight is 489 g/mol. The van der Waals surface area contributed by atoms with Crippen molar-refractivity contribution in [2.45, 2.75) is 30.6 Å². The molecule has 0 saturated heterocycles. The van der Waals surface area contributed by atoms with Gasteiger partial charge < -0.3 is 4.74 Å². The molecule has 4 rings (SSSR count). The number of carbonyl (C=O) groups is 2. The molecular formula is C27H24N2O5S. The average Bonchev–Trinajstić information content (AvgIpc) is 3.26. The van der Waals surface area contributed by atoms with E-state index in [0.29, 0.717) is 22.2 Å². The molecule has 0 spiro atoms. The Labute approximate surface area is 206 Å². The monoisotopic (exact) mass is 488 g/mol. The summed E-state index contributed by atoms with van der Waals surface area (Å²) in [4.78, 5) is 37.1. The molecule has 7 nitrogen and oxygen atoms in total. The van der Waals surface area contributed by atoms with E-state index < -0.39 is 22.2 Å². The molecule has 0 fully saturated rings. The quantitative estimate of drug-likeness (QED) is 0.171. The lowest BCUT2D eigenvalue weighted by Crippen LogP contribution is -2.36. The standard InChI is InChI=1S/C27H24N2O5S/c1-19(30)28-16-23(22-14-8-9-15-24(22)28)26(35-18-21-12-6-3-7-13-21)25(29(32)33)27(31)34-17-20-10-4-2-5-11-20/h2-16,25-26H,17-18H2,1H3. The Morgan fingerprint density at radius 2 is 1.54 bits per heavy atom. The van der Waals surface area contributed by atoms with Gasteiger partial charge in [0.25, 0.3) is 0 Å². The summed E-state index contributed by atoms with van der Waals surface area (Å²) in [7, 11) is 0. The number of hydrogen-bond donors (Lipinski definition) is 0. The predicted octanol–water partition coefficient (Wildman–Crippen LogP) is 5.66. The van der Waals surface area contributed by atoms with Gasteiger partial charge in [-0.3, -0.25) is 19.5 Å². The van der Waals surface area contributed by atoms with Crippen LogP contribution in [0, 0.1) is 10.1 Å². The van der Waals surface area contributed by atoms with Crippen LogP contribution in [0.2, 0.25) is 0 Å². The number of thioether (sulfide) groups is 1. The van der Waals surface area contributed by atoms with Crippen molar-refractivity contribution in [3.8, 4) is 0 Å². The van der Waals surface area contributed by atoms with E-state index in [0.717, 1.165) is 11.1 Å². The maximum Gasteiger partial charge on any atom is 0.383 e. The molecule has 0 amide bonds. The zero-order chi connectivity index (χ0) is 24.8. The van der Waals surface area contributed by atoms with Crippen LogP contribution in [-0.4, -0.2) is 27.4 Å². The van der Waals surface area contributed by atoms with Gasteiger partial charge in [0.05, 0.1) is 5.52 Å². The molecule has 35 heavy (non-hydrogen) atoms. The first-order valence-electron chi connectivity index (χ1n) is 11.1. The highest BCUT2D eigenvalue weighted by Crippen LogP contribution is 2.40. The Bertz CT molecular complexity index is 1340. The molecule has 0 N–H and O–H groups in total. The van der Waals surface area contributed by atoms with E-state index in [9.17, 15) is 19.7 Å². The number of nitro groups is 1. The van der Waals surface area contributed by atoms with Crippen LogP contribution in [0.25, 0.3) is 10.9 Å². The summed E-state index contributed by atoms with van der Waals surface area (Å²) in [5.41, 5.74) is 2.90. The molecule has 3 aromatic carbocycles. The summed E-state index contributed by atoms with van der Waals surface area (Å²) in [5, 5.41) is 12.1. The van der Waals surface area contributed by atoms with Crippen LogP contribution in [0.4, 0.5) is 0 Å². The van der Waals surface area contributed by atoms with E-state index in [-0.39, 0.29) is 12.5 Å². The van der Waals surface area contributed by atoms with Crippen LogP contribution in [0.15, 0.2) is 91.1 Å². The van der Waals surface area contributed by atoms with Crippen molar-refractivity contribution in [3.63, 3.8) is 0 Å². The Hall–Kier alpha value is -3.91. The van der Waals surface area contributed by atoms with Gasteiger partial charge in [-0.1, -0.05) is 78.9 Å². The van der Waals surface area contributed by atoms with Gasteiger partial charge >= 0.3 is 12.0 Å². The second-order valence-corrected chi connectivity index (χ2v) is 9.16. The molecule has 8 heteroatoms. The van der Waals surface area contributed by atoms with E-state index >= 15 is 0 Å². The fourth-order valence-electron chi connectivity index (χ4n) is 3.94. The van der Waals surface area contributed by atoms with Crippen LogP contribution in [-0.2, 0) is 21.9 Å². The lowest BCUT2D eigenvalue weighted by atomic mass is 10.0. The molecule has 1 aromatic heterocycles. The van der Waals surface area contributed by atoms with E-state index in [1.807, 2.05) is 60.7 Å².